The second-order valence-corrected chi connectivity index (χ2v) is 6.16. The van der Waals surface area contributed by atoms with E-state index < -0.39 is 4.92 Å². The van der Waals surface area contributed by atoms with Gasteiger partial charge in [-0.1, -0.05) is 41.4 Å². The normalized spacial score (nSPS) is 11.8. The number of carbonyl (C=O) groups excluding carboxylic acids is 1. The number of nitro groups is 1. The van der Waals surface area contributed by atoms with Gasteiger partial charge in [-0.15, -0.1) is 0 Å². The third-order valence-electron chi connectivity index (χ3n) is 3.33. The van der Waals surface area contributed by atoms with Crippen LogP contribution in [0.5, 0.6) is 0 Å². The van der Waals surface area contributed by atoms with Crippen molar-refractivity contribution in [2.45, 2.75) is 6.54 Å². The maximum absolute atomic E-state index is 12.1. The van der Waals surface area contributed by atoms with Gasteiger partial charge in [0, 0.05) is 23.4 Å². The van der Waals surface area contributed by atoms with E-state index >= 15 is 0 Å². The summed E-state index contributed by atoms with van der Waals surface area (Å²) in [6.07, 6.45) is 0. The molecule has 0 aliphatic carbocycles. The lowest BCUT2D eigenvalue weighted by atomic mass is 10.2. The van der Waals surface area contributed by atoms with Gasteiger partial charge in [-0.05, 0) is 12.1 Å². The Kier molecular flexibility index (Phi) is 6.14. The maximum atomic E-state index is 12.1. The first kappa shape index (κ1) is 18.2. The summed E-state index contributed by atoms with van der Waals surface area (Å²) in [6.45, 7) is 0.716. The van der Waals surface area contributed by atoms with Gasteiger partial charge in [-0.3, -0.25) is 14.9 Å². The number of nitrogens with one attached hydrogen (secondary N) is 2. The Labute approximate surface area is 149 Å². The first-order chi connectivity index (χ1) is 11.4. The zero-order valence-corrected chi connectivity index (χ0v) is 14.4. The van der Waals surface area contributed by atoms with Crippen LogP contribution in [0.4, 0.5) is 11.4 Å². The number of hydrogen-bond acceptors (Lipinski definition) is 3. The molecule has 2 rings (SSSR count). The Morgan fingerprint density at radius 2 is 1.96 bits per heavy atom. The predicted molar refractivity (Wildman–Crippen MR) is 93.6 cm³/mol. The average molecular weight is 369 g/mol. The Bertz CT molecular complexity index is 768. The molecule has 6 nitrogen and oxygen atoms in total. The third-order valence-corrected chi connectivity index (χ3v) is 4.18. The van der Waals surface area contributed by atoms with Crippen LogP contribution in [-0.4, -0.2) is 24.4 Å². The number of rotatable bonds is 6. The fourth-order valence-corrected chi connectivity index (χ4v) is 2.64. The number of likely N-dealkylation sites (N-methyl/N-ethyl adjacent to an activating group) is 1. The number of amides is 1. The molecule has 1 atom stereocenters. The molecule has 1 amide bonds. The highest BCUT2D eigenvalue weighted by molar-refractivity contribution is 6.42. The Balaban J connectivity index is 1.95. The molecule has 0 aliphatic rings. The molecule has 1 unspecified atom stereocenters. The minimum Gasteiger partial charge on any atom is -0.326 e. The van der Waals surface area contributed by atoms with E-state index in [1.807, 2.05) is 13.1 Å². The van der Waals surface area contributed by atoms with Crippen LogP contribution >= 0.6 is 23.2 Å². The predicted octanol–water partition coefficient (Wildman–Crippen LogP) is 2.56. The highest BCUT2D eigenvalue weighted by Crippen LogP contribution is 2.24. The molecule has 24 heavy (non-hydrogen) atoms. The molecule has 0 heterocycles. The van der Waals surface area contributed by atoms with Crippen molar-refractivity contribution in [2.75, 3.05) is 18.9 Å². The van der Waals surface area contributed by atoms with Crippen molar-refractivity contribution >= 4 is 40.5 Å². The van der Waals surface area contributed by atoms with Gasteiger partial charge >= 0.3 is 0 Å². The van der Waals surface area contributed by atoms with E-state index in [1.165, 1.54) is 18.2 Å². The van der Waals surface area contributed by atoms with Crippen LogP contribution in [0.2, 0.25) is 10.0 Å². The number of hydrogen-bond donors (Lipinski definition) is 2. The molecule has 0 saturated carbocycles. The molecular formula is C16H16Cl2N3O3+. The molecule has 2 aromatic rings. The Morgan fingerprint density at radius 3 is 2.67 bits per heavy atom. The quantitative estimate of drug-likeness (QED) is 0.607. The number of quaternary nitrogens is 1. The summed E-state index contributed by atoms with van der Waals surface area (Å²) in [5.74, 6) is -0.244. The summed E-state index contributed by atoms with van der Waals surface area (Å²) in [5, 5.41) is 14.4. The number of nitro benzene ring substituents is 1. The van der Waals surface area contributed by atoms with Crippen LogP contribution < -0.4 is 10.2 Å². The van der Waals surface area contributed by atoms with Crippen LogP contribution in [0.3, 0.4) is 0 Å². The van der Waals surface area contributed by atoms with E-state index in [0.29, 0.717) is 22.3 Å². The molecule has 0 bridgehead atoms. The summed E-state index contributed by atoms with van der Waals surface area (Å²) in [6, 6.07) is 11.2. The molecule has 2 N–H and O–H groups in total. The fourth-order valence-electron chi connectivity index (χ4n) is 2.25. The van der Waals surface area contributed by atoms with E-state index in [1.54, 1.807) is 18.2 Å². The maximum Gasteiger partial charge on any atom is 0.279 e. The van der Waals surface area contributed by atoms with E-state index in [2.05, 4.69) is 5.32 Å². The van der Waals surface area contributed by atoms with Crippen molar-refractivity contribution < 1.29 is 14.6 Å². The van der Waals surface area contributed by atoms with Crippen LogP contribution in [-0.2, 0) is 11.3 Å². The van der Waals surface area contributed by atoms with Crippen molar-refractivity contribution in [1.82, 2.24) is 0 Å². The SMILES string of the molecule is C[NH+](CC(=O)Nc1cccc([N+](=O)[O-])c1)Cc1cccc(Cl)c1Cl. The van der Waals surface area contributed by atoms with Gasteiger partial charge in [0.1, 0.15) is 6.54 Å². The monoisotopic (exact) mass is 368 g/mol. The molecule has 0 radical (unpaired) electrons. The second-order valence-electron chi connectivity index (χ2n) is 5.38. The number of carbonyl (C=O) groups is 1. The van der Waals surface area contributed by atoms with Crippen LogP contribution in [0.25, 0.3) is 0 Å². The largest absolute Gasteiger partial charge is 0.326 e. The van der Waals surface area contributed by atoms with E-state index in [9.17, 15) is 14.9 Å². The van der Waals surface area contributed by atoms with Gasteiger partial charge in [0.25, 0.3) is 11.6 Å². The van der Waals surface area contributed by atoms with Crippen LogP contribution in [0.1, 0.15) is 5.56 Å². The molecule has 0 aliphatic heterocycles. The molecule has 2 aromatic carbocycles. The molecular weight excluding hydrogens is 353 g/mol. The summed E-state index contributed by atoms with van der Waals surface area (Å²) in [7, 11) is 1.85. The lowest BCUT2D eigenvalue weighted by Crippen LogP contribution is -3.08. The highest BCUT2D eigenvalue weighted by atomic mass is 35.5. The van der Waals surface area contributed by atoms with Crippen molar-refractivity contribution in [3.63, 3.8) is 0 Å². The molecule has 126 valence electrons. The minimum atomic E-state index is -0.506. The second kappa shape index (κ2) is 8.10. The van der Waals surface area contributed by atoms with Crippen molar-refractivity contribution in [1.29, 1.82) is 0 Å². The first-order valence-corrected chi connectivity index (χ1v) is 7.91. The third kappa shape index (κ3) is 4.92. The summed E-state index contributed by atoms with van der Waals surface area (Å²) >= 11 is 12.1. The number of halogens is 2. The van der Waals surface area contributed by atoms with E-state index in [-0.39, 0.29) is 18.1 Å². The molecule has 8 heteroatoms. The standard InChI is InChI=1S/C16H15Cl2N3O3/c1-20(9-11-4-2-7-14(17)16(11)18)10-15(22)19-12-5-3-6-13(8-12)21(23)24/h2-8H,9-10H2,1H3,(H,19,22)/p+1. The van der Waals surface area contributed by atoms with Crippen molar-refractivity contribution in [3.8, 4) is 0 Å². The van der Waals surface area contributed by atoms with Gasteiger partial charge in [0.2, 0.25) is 0 Å². The zero-order chi connectivity index (χ0) is 17.7. The molecule has 0 aromatic heterocycles. The zero-order valence-electron chi connectivity index (χ0n) is 12.9. The van der Waals surface area contributed by atoms with Gasteiger partial charge in [0.05, 0.1) is 22.0 Å². The molecule has 0 fully saturated rings. The summed E-state index contributed by atoms with van der Waals surface area (Å²) in [4.78, 5) is 23.2. The smallest absolute Gasteiger partial charge is 0.279 e. The number of anilines is 1. The lowest BCUT2D eigenvalue weighted by Gasteiger charge is -2.15. The minimum absolute atomic E-state index is 0.0702. The van der Waals surface area contributed by atoms with Gasteiger partial charge in [-0.25, -0.2) is 0 Å². The fraction of sp³-hybridized carbons (Fsp3) is 0.188. The average Bonchev–Trinajstić information content (AvgIpc) is 2.51. The Morgan fingerprint density at radius 1 is 1.25 bits per heavy atom. The lowest BCUT2D eigenvalue weighted by molar-refractivity contribution is -0.885. The number of nitrogens with zero attached hydrogens (tertiary/aromatic N) is 1. The van der Waals surface area contributed by atoms with E-state index in [0.717, 1.165) is 10.5 Å². The van der Waals surface area contributed by atoms with Crippen molar-refractivity contribution in [3.05, 3.63) is 68.2 Å². The summed E-state index contributed by atoms with van der Waals surface area (Å²) < 4.78 is 0. The summed E-state index contributed by atoms with van der Waals surface area (Å²) in [5.41, 5.74) is 1.17. The van der Waals surface area contributed by atoms with Gasteiger partial charge in [0.15, 0.2) is 6.54 Å². The van der Waals surface area contributed by atoms with Crippen molar-refractivity contribution in [2.24, 2.45) is 0 Å². The topological polar surface area (TPSA) is 76.7 Å². The first-order valence-electron chi connectivity index (χ1n) is 7.15. The highest BCUT2D eigenvalue weighted by Gasteiger charge is 2.14. The van der Waals surface area contributed by atoms with Gasteiger partial charge in [-0.2, -0.15) is 0 Å². The number of benzene rings is 2. The number of non-ortho nitro benzene ring substituents is 1. The molecule has 0 saturated heterocycles. The van der Waals surface area contributed by atoms with Gasteiger partial charge < -0.3 is 10.2 Å². The Hall–Kier alpha value is -2.15. The molecule has 0 spiro atoms. The van der Waals surface area contributed by atoms with Crippen LogP contribution in [0.15, 0.2) is 42.5 Å². The van der Waals surface area contributed by atoms with Crippen LogP contribution in [0, 0.1) is 10.1 Å². The van der Waals surface area contributed by atoms with E-state index in [4.69, 9.17) is 23.2 Å².